The molecule has 5 heteroatoms. The molecule has 19 heavy (non-hydrogen) atoms. The van der Waals surface area contributed by atoms with Crippen molar-refractivity contribution >= 4 is 11.2 Å². The van der Waals surface area contributed by atoms with Gasteiger partial charge in [0.2, 0.25) is 5.88 Å². The van der Waals surface area contributed by atoms with Gasteiger partial charge in [0.05, 0.1) is 6.61 Å². The van der Waals surface area contributed by atoms with Gasteiger partial charge in [0, 0.05) is 18.5 Å². The van der Waals surface area contributed by atoms with E-state index in [1.54, 1.807) is 30.6 Å². The fourth-order valence-corrected chi connectivity index (χ4v) is 1.72. The predicted molar refractivity (Wildman–Crippen MR) is 69.8 cm³/mol. The van der Waals surface area contributed by atoms with Crippen molar-refractivity contribution in [1.82, 2.24) is 15.0 Å². The molecule has 1 aromatic carbocycles. The lowest BCUT2D eigenvalue weighted by atomic mass is 10.2. The van der Waals surface area contributed by atoms with Crippen molar-refractivity contribution in [2.24, 2.45) is 0 Å². The first-order valence-corrected chi connectivity index (χ1v) is 5.80. The van der Waals surface area contributed by atoms with E-state index < -0.39 is 0 Å². The van der Waals surface area contributed by atoms with Crippen molar-refractivity contribution in [3.8, 4) is 11.6 Å². The summed E-state index contributed by atoms with van der Waals surface area (Å²) in [6.45, 7) is -0.0200. The highest BCUT2D eigenvalue weighted by Gasteiger charge is 2.03. The fourth-order valence-electron chi connectivity index (χ4n) is 1.72. The Labute approximate surface area is 109 Å². The second kappa shape index (κ2) is 4.99. The van der Waals surface area contributed by atoms with E-state index in [1.807, 2.05) is 18.2 Å². The number of hydrogen-bond donors (Lipinski definition) is 1. The minimum Gasteiger partial charge on any atom is -0.439 e. The van der Waals surface area contributed by atoms with Crippen LogP contribution in [0.2, 0.25) is 0 Å². The highest BCUT2D eigenvalue weighted by Crippen LogP contribution is 2.21. The number of aromatic nitrogens is 3. The maximum Gasteiger partial charge on any atom is 0.221 e. The summed E-state index contributed by atoms with van der Waals surface area (Å²) in [5.74, 6) is 1.07. The topological polar surface area (TPSA) is 68.1 Å². The highest BCUT2D eigenvalue weighted by atomic mass is 16.5. The van der Waals surface area contributed by atoms with Crippen LogP contribution in [0, 0.1) is 0 Å². The zero-order valence-electron chi connectivity index (χ0n) is 10.0. The Morgan fingerprint density at radius 3 is 2.84 bits per heavy atom. The standard InChI is InChI=1S/C14H11N3O2/c18-9-10-2-1-3-11(8-10)19-13-5-4-12-14(17-13)16-7-6-15-12/h1-8,18H,9H2. The average Bonchev–Trinajstić information content (AvgIpc) is 2.47. The molecule has 0 radical (unpaired) electrons. The smallest absolute Gasteiger partial charge is 0.221 e. The zero-order chi connectivity index (χ0) is 13.1. The lowest BCUT2D eigenvalue weighted by molar-refractivity contribution is 0.281. The van der Waals surface area contributed by atoms with Gasteiger partial charge in [-0.2, -0.15) is 4.98 Å². The van der Waals surface area contributed by atoms with Gasteiger partial charge >= 0.3 is 0 Å². The Morgan fingerprint density at radius 2 is 1.95 bits per heavy atom. The highest BCUT2D eigenvalue weighted by molar-refractivity contribution is 5.69. The van der Waals surface area contributed by atoms with Crippen LogP contribution in [0.4, 0.5) is 0 Å². The minimum absolute atomic E-state index is 0.0200. The zero-order valence-corrected chi connectivity index (χ0v) is 10.0. The summed E-state index contributed by atoms with van der Waals surface area (Å²) in [4.78, 5) is 12.5. The van der Waals surface area contributed by atoms with Crippen LogP contribution in [-0.4, -0.2) is 20.1 Å². The Morgan fingerprint density at radius 1 is 1.05 bits per heavy atom. The van der Waals surface area contributed by atoms with Gasteiger partial charge in [-0.1, -0.05) is 12.1 Å². The third kappa shape index (κ3) is 2.51. The lowest BCUT2D eigenvalue weighted by Crippen LogP contribution is -1.92. The van der Waals surface area contributed by atoms with Gasteiger partial charge in [-0.15, -0.1) is 0 Å². The number of aliphatic hydroxyl groups is 1. The van der Waals surface area contributed by atoms with Crippen LogP contribution in [0.1, 0.15) is 5.56 Å². The molecule has 0 atom stereocenters. The first-order valence-electron chi connectivity index (χ1n) is 5.80. The molecule has 2 heterocycles. The van der Waals surface area contributed by atoms with Crippen molar-refractivity contribution in [3.05, 3.63) is 54.4 Å². The van der Waals surface area contributed by atoms with Gasteiger partial charge in [-0.25, -0.2) is 4.98 Å². The van der Waals surface area contributed by atoms with Crippen LogP contribution in [0.15, 0.2) is 48.8 Å². The summed E-state index contributed by atoms with van der Waals surface area (Å²) in [6, 6.07) is 10.8. The SMILES string of the molecule is OCc1cccc(Oc2ccc3nccnc3n2)c1. The van der Waals surface area contributed by atoms with Crippen molar-refractivity contribution in [1.29, 1.82) is 0 Å². The molecule has 94 valence electrons. The van der Waals surface area contributed by atoms with E-state index in [0.29, 0.717) is 17.3 Å². The molecule has 0 aliphatic rings. The maximum atomic E-state index is 9.08. The summed E-state index contributed by atoms with van der Waals surface area (Å²) in [6.07, 6.45) is 3.21. The Bertz CT molecular complexity index is 716. The van der Waals surface area contributed by atoms with E-state index in [-0.39, 0.29) is 6.61 Å². The quantitative estimate of drug-likeness (QED) is 0.775. The van der Waals surface area contributed by atoms with E-state index >= 15 is 0 Å². The van der Waals surface area contributed by atoms with E-state index in [4.69, 9.17) is 9.84 Å². The van der Waals surface area contributed by atoms with Crippen LogP contribution >= 0.6 is 0 Å². The van der Waals surface area contributed by atoms with Gasteiger partial charge in [0.25, 0.3) is 0 Å². The summed E-state index contributed by atoms with van der Waals surface area (Å²) in [5, 5.41) is 9.08. The molecule has 3 rings (SSSR count). The van der Waals surface area contributed by atoms with Crippen LogP contribution in [0.3, 0.4) is 0 Å². The second-order valence-electron chi connectivity index (χ2n) is 3.96. The number of nitrogens with zero attached hydrogens (tertiary/aromatic N) is 3. The second-order valence-corrected chi connectivity index (χ2v) is 3.96. The Hall–Kier alpha value is -2.53. The molecule has 0 saturated carbocycles. The van der Waals surface area contributed by atoms with Crippen LogP contribution in [0.25, 0.3) is 11.2 Å². The van der Waals surface area contributed by atoms with Crippen LogP contribution < -0.4 is 4.74 Å². The minimum atomic E-state index is -0.0200. The molecule has 0 spiro atoms. The molecule has 0 fully saturated rings. The summed E-state index contributed by atoms with van der Waals surface area (Å²) < 4.78 is 5.64. The van der Waals surface area contributed by atoms with Gasteiger partial charge in [-0.3, -0.25) is 4.98 Å². The molecule has 2 aromatic heterocycles. The third-order valence-corrected chi connectivity index (χ3v) is 2.61. The van der Waals surface area contributed by atoms with Crippen molar-refractivity contribution in [2.45, 2.75) is 6.61 Å². The molecular formula is C14H11N3O2. The van der Waals surface area contributed by atoms with Gasteiger partial charge < -0.3 is 9.84 Å². The van der Waals surface area contributed by atoms with E-state index in [9.17, 15) is 0 Å². The van der Waals surface area contributed by atoms with E-state index in [1.165, 1.54) is 0 Å². The molecule has 0 unspecified atom stereocenters. The lowest BCUT2D eigenvalue weighted by Gasteiger charge is -2.06. The number of rotatable bonds is 3. The number of benzene rings is 1. The van der Waals surface area contributed by atoms with Crippen molar-refractivity contribution in [2.75, 3.05) is 0 Å². The number of fused-ring (bicyclic) bond motifs is 1. The Kier molecular flexibility index (Phi) is 3.04. The van der Waals surface area contributed by atoms with Crippen LogP contribution in [0.5, 0.6) is 11.6 Å². The molecule has 0 bridgehead atoms. The van der Waals surface area contributed by atoms with Gasteiger partial charge in [-0.05, 0) is 23.8 Å². The average molecular weight is 253 g/mol. The normalized spacial score (nSPS) is 10.6. The maximum absolute atomic E-state index is 9.08. The van der Waals surface area contributed by atoms with Crippen LogP contribution in [-0.2, 0) is 6.61 Å². The first kappa shape index (κ1) is 11.6. The number of ether oxygens (including phenoxy) is 1. The number of pyridine rings is 1. The molecule has 0 amide bonds. The number of hydrogen-bond acceptors (Lipinski definition) is 5. The van der Waals surface area contributed by atoms with Gasteiger partial charge in [0.15, 0.2) is 5.65 Å². The summed E-state index contributed by atoms with van der Waals surface area (Å²) >= 11 is 0. The van der Waals surface area contributed by atoms with E-state index in [0.717, 1.165) is 11.1 Å². The largest absolute Gasteiger partial charge is 0.439 e. The molecule has 0 saturated heterocycles. The molecule has 3 aromatic rings. The monoisotopic (exact) mass is 253 g/mol. The Balaban J connectivity index is 1.92. The fraction of sp³-hybridized carbons (Fsp3) is 0.0714. The van der Waals surface area contributed by atoms with Gasteiger partial charge in [0.1, 0.15) is 11.3 Å². The molecule has 0 aliphatic carbocycles. The predicted octanol–water partition coefficient (Wildman–Crippen LogP) is 2.31. The van der Waals surface area contributed by atoms with Crippen molar-refractivity contribution < 1.29 is 9.84 Å². The molecule has 1 N–H and O–H groups in total. The number of aliphatic hydroxyl groups excluding tert-OH is 1. The molecule has 5 nitrogen and oxygen atoms in total. The molecule has 0 aliphatic heterocycles. The summed E-state index contributed by atoms with van der Waals surface area (Å²) in [7, 11) is 0. The third-order valence-electron chi connectivity index (χ3n) is 2.61. The summed E-state index contributed by atoms with van der Waals surface area (Å²) in [5.41, 5.74) is 2.05. The van der Waals surface area contributed by atoms with Crippen molar-refractivity contribution in [3.63, 3.8) is 0 Å². The molecular weight excluding hydrogens is 242 g/mol. The first-order chi connectivity index (χ1) is 9.35. The van der Waals surface area contributed by atoms with E-state index in [2.05, 4.69) is 15.0 Å².